The molecule has 0 bridgehead atoms. The van der Waals surface area contributed by atoms with Gasteiger partial charge in [-0.05, 0) is 95.9 Å². The molecule has 0 atom stereocenters. The average molecular weight is 802 g/mol. The van der Waals surface area contributed by atoms with Crippen LogP contribution in [0.3, 0.4) is 0 Å². The van der Waals surface area contributed by atoms with Gasteiger partial charge in [0.25, 0.3) is 0 Å². The lowest BCUT2D eigenvalue weighted by atomic mass is 9.84. The molecule has 0 fully saturated rings. The van der Waals surface area contributed by atoms with Crippen molar-refractivity contribution in [3.63, 3.8) is 0 Å². The van der Waals surface area contributed by atoms with Crippen LogP contribution in [-0.2, 0) is 0 Å². The van der Waals surface area contributed by atoms with Gasteiger partial charge in [0.15, 0.2) is 0 Å². The first-order chi connectivity index (χ1) is 31.3. The van der Waals surface area contributed by atoms with Gasteiger partial charge in [-0.2, -0.15) is 0 Å². The summed E-state index contributed by atoms with van der Waals surface area (Å²) < 4.78 is 0. The predicted molar refractivity (Wildman–Crippen MR) is 269 cm³/mol. The largest absolute Gasteiger partial charge is 0.309 e. The highest BCUT2D eigenvalue weighted by Gasteiger charge is 2.25. The second-order valence-electron chi connectivity index (χ2n) is 16.0. The van der Waals surface area contributed by atoms with E-state index in [1.807, 2.05) is 0 Å². The first kappa shape index (κ1) is 37.7. The topological polar surface area (TPSA) is 3.24 Å². The molecule has 11 aromatic carbocycles. The third-order valence-electron chi connectivity index (χ3n) is 12.2. The lowest BCUT2D eigenvalue weighted by Gasteiger charge is -2.32. The van der Waals surface area contributed by atoms with Crippen LogP contribution in [0.1, 0.15) is 0 Å². The highest BCUT2D eigenvalue weighted by molar-refractivity contribution is 6.22. The molecule has 0 spiro atoms. The lowest BCUT2D eigenvalue weighted by molar-refractivity contribution is 1.28. The van der Waals surface area contributed by atoms with Gasteiger partial charge in [0.2, 0.25) is 0 Å². The number of benzene rings is 11. The van der Waals surface area contributed by atoms with E-state index in [-0.39, 0.29) is 0 Å². The zero-order valence-electron chi connectivity index (χ0n) is 34.8. The number of rotatable bonds is 9. The van der Waals surface area contributed by atoms with Gasteiger partial charge in [-0.3, -0.25) is 0 Å². The van der Waals surface area contributed by atoms with Crippen LogP contribution in [0.15, 0.2) is 261 Å². The average Bonchev–Trinajstić information content (AvgIpc) is 3.37. The summed E-state index contributed by atoms with van der Waals surface area (Å²) in [6.07, 6.45) is 0. The van der Waals surface area contributed by atoms with Gasteiger partial charge < -0.3 is 4.90 Å². The summed E-state index contributed by atoms with van der Waals surface area (Å²) in [6, 6.07) is 94.8. The maximum Gasteiger partial charge on any atom is 0.0618 e. The third kappa shape index (κ3) is 7.06. The minimum Gasteiger partial charge on any atom is -0.309 e. The van der Waals surface area contributed by atoms with Crippen LogP contribution in [0.5, 0.6) is 0 Å². The Bertz CT molecular complexity index is 3300. The van der Waals surface area contributed by atoms with E-state index < -0.39 is 0 Å². The molecule has 0 amide bonds. The first-order valence-electron chi connectivity index (χ1n) is 21.7. The molecule has 0 aliphatic rings. The lowest BCUT2D eigenvalue weighted by Crippen LogP contribution is -2.14. The van der Waals surface area contributed by atoms with Gasteiger partial charge in [0.05, 0.1) is 11.4 Å². The minimum atomic E-state index is 1.08. The number of para-hydroxylation sites is 2. The Morgan fingerprint density at radius 1 is 0.222 bits per heavy atom. The Kier molecular flexibility index (Phi) is 9.97. The Labute approximate surface area is 369 Å². The molecule has 11 aromatic rings. The first-order valence-corrected chi connectivity index (χ1v) is 21.7. The van der Waals surface area contributed by atoms with Crippen molar-refractivity contribution in [2.24, 2.45) is 0 Å². The smallest absolute Gasteiger partial charge is 0.0618 e. The summed E-state index contributed by atoms with van der Waals surface area (Å²) >= 11 is 0. The molecule has 1 nitrogen and oxygen atoms in total. The van der Waals surface area contributed by atoms with Crippen molar-refractivity contribution in [2.75, 3.05) is 4.90 Å². The molecule has 1 heteroatoms. The van der Waals surface area contributed by atoms with Crippen LogP contribution in [0.4, 0.5) is 17.1 Å². The van der Waals surface area contributed by atoms with Crippen LogP contribution in [-0.4, -0.2) is 0 Å². The Balaban J connectivity index is 1.22. The molecule has 11 rings (SSSR count). The summed E-state index contributed by atoms with van der Waals surface area (Å²) in [7, 11) is 0. The quantitative estimate of drug-likeness (QED) is 0.131. The SMILES string of the molecule is c1ccc(-c2cccc(N(c3ccccc3-c3ccc4c(c3)c(-c3ccccc3)c(-c3ccccc3)c3ccccc34)c3c(-c4ccccc4)cccc3-c3ccccc3)c2)cc1. The number of hydrogen-bond acceptors (Lipinski definition) is 1. The van der Waals surface area contributed by atoms with Crippen molar-refractivity contribution in [2.45, 2.75) is 0 Å². The van der Waals surface area contributed by atoms with Crippen LogP contribution >= 0.6 is 0 Å². The fourth-order valence-electron chi connectivity index (χ4n) is 9.41. The standard InChI is InChI=1S/C62H43N/c1-6-22-44(23-7-1)49-32-20-33-51(42-49)63(62-53(45-24-8-2-9-25-45)37-21-38-54(62)46-26-10-3-11-27-46)59-39-19-18-34-52(59)50-40-41-56-55-35-16-17-36-57(55)60(47-28-12-4-13-29-47)61(58(56)43-50)48-30-14-5-15-31-48/h1-43H. The number of fused-ring (bicyclic) bond motifs is 3. The van der Waals surface area contributed by atoms with Crippen LogP contribution in [0.2, 0.25) is 0 Å². The number of hydrogen-bond donors (Lipinski definition) is 0. The maximum atomic E-state index is 2.50. The van der Waals surface area contributed by atoms with E-state index in [1.165, 1.54) is 49.4 Å². The van der Waals surface area contributed by atoms with Crippen LogP contribution in [0.25, 0.3) is 88.3 Å². The van der Waals surface area contributed by atoms with E-state index in [0.717, 1.165) is 56.0 Å². The van der Waals surface area contributed by atoms with Crippen molar-refractivity contribution in [3.8, 4) is 66.8 Å². The third-order valence-corrected chi connectivity index (χ3v) is 12.2. The fraction of sp³-hybridized carbons (Fsp3) is 0. The van der Waals surface area contributed by atoms with E-state index >= 15 is 0 Å². The predicted octanol–water partition coefficient (Wildman–Crippen LogP) is 17.5. The van der Waals surface area contributed by atoms with Gasteiger partial charge >= 0.3 is 0 Å². The molecule has 63 heavy (non-hydrogen) atoms. The Hall–Kier alpha value is -8.26. The van der Waals surface area contributed by atoms with Gasteiger partial charge in [0, 0.05) is 22.4 Å². The van der Waals surface area contributed by atoms with Crippen molar-refractivity contribution in [1.82, 2.24) is 0 Å². The molecule has 296 valence electrons. The Morgan fingerprint density at radius 3 is 1.25 bits per heavy atom. The highest BCUT2D eigenvalue weighted by atomic mass is 15.1. The second-order valence-corrected chi connectivity index (χ2v) is 16.0. The van der Waals surface area contributed by atoms with Crippen LogP contribution < -0.4 is 4.90 Å². The molecule has 0 heterocycles. The van der Waals surface area contributed by atoms with Gasteiger partial charge in [-0.1, -0.05) is 237 Å². The van der Waals surface area contributed by atoms with Gasteiger partial charge in [-0.15, -0.1) is 0 Å². The zero-order valence-corrected chi connectivity index (χ0v) is 34.8. The van der Waals surface area contributed by atoms with Crippen molar-refractivity contribution in [1.29, 1.82) is 0 Å². The number of anilines is 3. The fourth-order valence-corrected chi connectivity index (χ4v) is 9.41. The molecule has 0 aromatic heterocycles. The van der Waals surface area contributed by atoms with Crippen LogP contribution in [0, 0.1) is 0 Å². The summed E-state index contributed by atoms with van der Waals surface area (Å²) in [5.41, 5.74) is 17.4. The number of nitrogens with zero attached hydrogens (tertiary/aromatic N) is 1. The molecular weight excluding hydrogens is 759 g/mol. The molecule has 0 saturated carbocycles. The summed E-state index contributed by atoms with van der Waals surface area (Å²) in [5, 5.41) is 4.95. The van der Waals surface area contributed by atoms with E-state index in [2.05, 4.69) is 266 Å². The van der Waals surface area contributed by atoms with Crippen molar-refractivity contribution >= 4 is 38.6 Å². The Morgan fingerprint density at radius 2 is 0.651 bits per heavy atom. The molecule has 0 aliphatic heterocycles. The monoisotopic (exact) mass is 801 g/mol. The normalized spacial score (nSPS) is 11.2. The molecule has 0 unspecified atom stereocenters. The second kappa shape index (κ2) is 16.7. The van der Waals surface area contributed by atoms with Crippen molar-refractivity contribution < 1.29 is 0 Å². The molecule has 0 N–H and O–H groups in total. The maximum absolute atomic E-state index is 2.50. The van der Waals surface area contributed by atoms with E-state index in [0.29, 0.717) is 0 Å². The molecule has 0 saturated heterocycles. The molecular formula is C62H43N. The highest BCUT2D eigenvalue weighted by Crippen LogP contribution is 2.51. The van der Waals surface area contributed by atoms with E-state index in [1.54, 1.807) is 0 Å². The van der Waals surface area contributed by atoms with E-state index in [4.69, 9.17) is 0 Å². The van der Waals surface area contributed by atoms with Gasteiger partial charge in [0.1, 0.15) is 0 Å². The minimum absolute atomic E-state index is 1.08. The zero-order chi connectivity index (χ0) is 42.0. The van der Waals surface area contributed by atoms with E-state index in [9.17, 15) is 0 Å². The molecule has 0 aliphatic carbocycles. The van der Waals surface area contributed by atoms with Gasteiger partial charge in [-0.25, -0.2) is 0 Å². The molecule has 0 radical (unpaired) electrons. The summed E-state index contributed by atoms with van der Waals surface area (Å²) in [6.45, 7) is 0. The summed E-state index contributed by atoms with van der Waals surface area (Å²) in [4.78, 5) is 2.50. The van der Waals surface area contributed by atoms with Crippen molar-refractivity contribution in [3.05, 3.63) is 261 Å². The summed E-state index contributed by atoms with van der Waals surface area (Å²) in [5.74, 6) is 0.